The molecule has 0 saturated heterocycles. The lowest BCUT2D eigenvalue weighted by molar-refractivity contribution is 0.183. The lowest BCUT2D eigenvalue weighted by Crippen LogP contribution is -2.23. The summed E-state index contributed by atoms with van der Waals surface area (Å²) in [7, 11) is 1.75. The van der Waals surface area contributed by atoms with Gasteiger partial charge in [-0.2, -0.15) is 0 Å². The van der Waals surface area contributed by atoms with E-state index >= 15 is 0 Å². The van der Waals surface area contributed by atoms with E-state index in [0.717, 1.165) is 31.5 Å². The Labute approximate surface area is 115 Å². The fourth-order valence-electron chi connectivity index (χ4n) is 2.24. The Morgan fingerprint density at radius 2 is 2.21 bits per heavy atom. The van der Waals surface area contributed by atoms with Crippen molar-refractivity contribution in [1.82, 2.24) is 10.3 Å². The van der Waals surface area contributed by atoms with Crippen molar-refractivity contribution in [2.45, 2.75) is 25.8 Å². The van der Waals surface area contributed by atoms with E-state index in [2.05, 4.69) is 41.5 Å². The Morgan fingerprint density at radius 3 is 3.00 bits per heavy atom. The molecule has 0 aliphatic heterocycles. The number of ether oxygens (including phenoxy) is 1. The zero-order valence-corrected chi connectivity index (χ0v) is 11.7. The number of pyridine rings is 1. The summed E-state index contributed by atoms with van der Waals surface area (Å²) in [6, 6.07) is 10.9. The third kappa shape index (κ3) is 3.75. The summed E-state index contributed by atoms with van der Waals surface area (Å²) >= 11 is 0. The Morgan fingerprint density at radius 1 is 1.32 bits per heavy atom. The molecule has 1 atom stereocenters. The van der Waals surface area contributed by atoms with Crippen LogP contribution in [0.5, 0.6) is 0 Å². The minimum absolute atomic E-state index is 0.339. The lowest BCUT2D eigenvalue weighted by Gasteiger charge is -2.19. The Bertz CT molecular complexity index is 505. The number of nitrogens with one attached hydrogen (secondary N) is 1. The summed E-state index contributed by atoms with van der Waals surface area (Å²) in [6.07, 6.45) is 3.96. The Balaban J connectivity index is 2.21. The van der Waals surface area contributed by atoms with E-state index in [4.69, 9.17) is 4.74 Å². The average molecular weight is 258 g/mol. The van der Waals surface area contributed by atoms with Gasteiger partial charge in [-0.1, -0.05) is 25.1 Å². The fraction of sp³-hybridized carbons (Fsp3) is 0.438. The normalized spacial score (nSPS) is 12.7. The van der Waals surface area contributed by atoms with Crippen molar-refractivity contribution >= 4 is 10.9 Å². The van der Waals surface area contributed by atoms with E-state index in [1.807, 2.05) is 12.3 Å². The molecule has 3 heteroatoms. The maximum absolute atomic E-state index is 5.21. The van der Waals surface area contributed by atoms with Gasteiger partial charge in [0.05, 0.1) is 5.52 Å². The predicted octanol–water partition coefficient (Wildman–Crippen LogP) is 3.31. The minimum atomic E-state index is 0.339. The summed E-state index contributed by atoms with van der Waals surface area (Å²) in [5.74, 6) is 0. The molecule has 0 amide bonds. The van der Waals surface area contributed by atoms with Crippen LogP contribution in [0, 0.1) is 0 Å². The van der Waals surface area contributed by atoms with Crippen molar-refractivity contribution in [1.29, 1.82) is 0 Å². The number of nitrogens with zero attached hydrogens (tertiary/aromatic N) is 1. The van der Waals surface area contributed by atoms with E-state index in [1.165, 1.54) is 10.9 Å². The first-order chi connectivity index (χ1) is 9.35. The van der Waals surface area contributed by atoms with Crippen molar-refractivity contribution < 1.29 is 4.74 Å². The second-order valence-corrected chi connectivity index (χ2v) is 4.74. The zero-order valence-electron chi connectivity index (χ0n) is 11.7. The van der Waals surface area contributed by atoms with Gasteiger partial charge >= 0.3 is 0 Å². The molecule has 0 aliphatic carbocycles. The molecule has 1 heterocycles. The highest BCUT2D eigenvalue weighted by Crippen LogP contribution is 2.21. The fourth-order valence-corrected chi connectivity index (χ4v) is 2.24. The van der Waals surface area contributed by atoms with E-state index < -0.39 is 0 Å². The van der Waals surface area contributed by atoms with Crippen LogP contribution in [-0.2, 0) is 4.74 Å². The van der Waals surface area contributed by atoms with Gasteiger partial charge < -0.3 is 10.1 Å². The quantitative estimate of drug-likeness (QED) is 0.827. The summed E-state index contributed by atoms with van der Waals surface area (Å²) in [4.78, 5) is 4.43. The lowest BCUT2D eigenvalue weighted by atomic mass is 10.0. The van der Waals surface area contributed by atoms with Crippen LogP contribution in [0.2, 0.25) is 0 Å². The molecular weight excluding hydrogens is 236 g/mol. The smallest absolute Gasteiger partial charge is 0.0705 e. The number of aromatic nitrogens is 1. The maximum atomic E-state index is 5.21. The number of methoxy groups -OCH3 is 1. The highest BCUT2D eigenvalue weighted by atomic mass is 16.5. The SMILES string of the molecule is CCCNC(CCOC)c1ccc2cccnc2c1. The summed E-state index contributed by atoms with van der Waals surface area (Å²) in [6.45, 7) is 3.97. The highest BCUT2D eigenvalue weighted by Gasteiger charge is 2.11. The molecule has 2 rings (SSSR count). The first-order valence-corrected chi connectivity index (χ1v) is 6.92. The molecule has 1 N–H and O–H groups in total. The van der Waals surface area contributed by atoms with Crippen LogP contribution < -0.4 is 5.32 Å². The summed E-state index contributed by atoms with van der Waals surface area (Å²) < 4.78 is 5.21. The molecule has 102 valence electrons. The van der Waals surface area contributed by atoms with Gasteiger partial charge in [0, 0.05) is 31.3 Å². The first kappa shape index (κ1) is 14.0. The highest BCUT2D eigenvalue weighted by molar-refractivity contribution is 5.78. The molecule has 0 fully saturated rings. The zero-order chi connectivity index (χ0) is 13.5. The minimum Gasteiger partial charge on any atom is -0.385 e. The summed E-state index contributed by atoms with van der Waals surface area (Å²) in [5, 5.41) is 4.76. The van der Waals surface area contributed by atoms with Crippen LogP contribution in [0.4, 0.5) is 0 Å². The molecule has 0 bridgehead atoms. The van der Waals surface area contributed by atoms with E-state index in [-0.39, 0.29) is 0 Å². The van der Waals surface area contributed by atoms with Gasteiger partial charge in [0.2, 0.25) is 0 Å². The van der Waals surface area contributed by atoms with Crippen LogP contribution in [0.3, 0.4) is 0 Å². The third-order valence-corrected chi connectivity index (χ3v) is 3.28. The van der Waals surface area contributed by atoms with Crippen molar-refractivity contribution in [2.75, 3.05) is 20.3 Å². The number of benzene rings is 1. The van der Waals surface area contributed by atoms with Crippen molar-refractivity contribution in [2.24, 2.45) is 0 Å². The Kier molecular flexibility index (Phi) is 5.31. The Hall–Kier alpha value is -1.45. The van der Waals surface area contributed by atoms with Crippen molar-refractivity contribution in [3.8, 4) is 0 Å². The summed E-state index contributed by atoms with van der Waals surface area (Å²) in [5.41, 5.74) is 2.34. The number of hydrogen-bond donors (Lipinski definition) is 1. The van der Waals surface area contributed by atoms with E-state index in [9.17, 15) is 0 Å². The van der Waals surface area contributed by atoms with Gasteiger partial charge in [-0.3, -0.25) is 4.98 Å². The van der Waals surface area contributed by atoms with Crippen LogP contribution in [0.1, 0.15) is 31.4 Å². The van der Waals surface area contributed by atoms with Crippen LogP contribution in [-0.4, -0.2) is 25.2 Å². The average Bonchev–Trinajstić information content (AvgIpc) is 2.47. The molecule has 3 nitrogen and oxygen atoms in total. The van der Waals surface area contributed by atoms with Gasteiger partial charge in [0.15, 0.2) is 0 Å². The molecule has 19 heavy (non-hydrogen) atoms. The number of fused-ring (bicyclic) bond motifs is 1. The molecule has 0 spiro atoms. The molecule has 1 unspecified atom stereocenters. The molecule has 2 aromatic rings. The number of rotatable bonds is 7. The largest absolute Gasteiger partial charge is 0.385 e. The topological polar surface area (TPSA) is 34.1 Å². The van der Waals surface area contributed by atoms with Crippen LogP contribution >= 0.6 is 0 Å². The van der Waals surface area contributed by atoms with Gasteiger partial charge in [0.25, 0.3) is 0 Å². The van der Waals surface area contributed by atoms with E-state index in [1.54, 1.807) is 7.11 Å². The predicted molar refractivity (Wildman–Crippen MR) is 79.3 cm³/mol. The molecule has 0 saturated carbocycles. The second kappa shape index (κ2) is 7.22. The van der Waals surface area contributed by atoms with Crippen molar-refractivity contribution in [3.05, 3.63) is 42.1 Å². The maximum Gasteiger partial charge on any atom is 0.0705 e. The first-order valence-electron chi connectivity index (χ1n) is 6.92. The number of hydrogen-bond acceptors (Lipinski definition) is 3. The van der Waals surface area contributed by atoms with Crippen molar-refractivity contribution in [3.63, 3.8) is 0 Å². The molecule has 0 aliphatic rings. The monoisotopic (exact) mass is 258 g/mol. The van der Waals surface area contributed by atoms with Gasteiger partial charge in [-0.25, -0.2) is 0 Å². The van der Waals surface area contributed by atoms with Crippen LogP contribution in [0.15, 0.2) is 36.5 Å². The standard InChI is InChI=1S/C16H22N2O/c1-3-9-17-15(8-11-19-2)14-7-6-13-5-4-10-18-16(13)12-14/h4-7,10,12,15,17H,3,8-9,11H2,1-2H3. The molecule has 0 radical (unpaired) electrons. The molecule has 1 aromatic carbocycles. The second-order valence-electron chi connectivity index (χ2n) is 4.74. The van der Waals surface area contributed by atoms with Gasteiger partial charge in [0.1, 0.15) is 0 Å². The van der Waals surface area contributed by atoms with Gasteiger partial charge in [-0.05, 0) is 37.1 Å². The van der Waals surface area contributed by atoms with E-state index in [0.29, 0.717) is 6.04 Å². The molecular formula is C16H22N2O. The van der Waals surface area contributed by atoms with Crippen LogP contribution in [0.25, 0.3) is 10.9 Å². The molecule has 1 aromatic heterocycles. The van der Waals surface area contributed by atoms with Gasteiger partial charge in [-0.15, -0.1) is 0 Å². The third-order valence-electron chi connectivity index (χ3n) is 3.28.